The second kappa shape index (κ2) is 8.95. The van der Waals surface area contributed by atoms with E-state index < -0.39 is 0 Å². The zero-order chi connectivity index (χ0) is 24.5. The second-order valence-electron chi connectivity index (χ2n) is 8.16. The van der Waals surface area contributed by atoms with Crippen LogP contribution >= 0.6 is 0 Å². The highest BCUT2D eigenvalue weighted by atomic mass is 16.5. The number of amides is 1. The Balaban J connectivity index is 1.69. The van der Waals surface area contributed by atoms with E-state index in [0.717, 1.165) is 11.1 Å². The van der Waals surface area contributed by atoms with Gasteiger partial charge in [-0.15, -0.1) is 0 Å². The lowest BCUT2D eigenvalue weighted by Gasteiger charge is -2.17. The number of hydrogen-bond donors (Lipinski definition) is 0. The van der Waals surface area contributed by atoms with Crippen LogP contribution in [0.5, 0.6) is 5.75 Å². The molecule has 1 aromatic heterocycles. The predicted octanol–water partition coefficient (Wildman–Crippen LogP) is 4.33. The molecule has 1 amide bonds. The topological polar surface area (TPSA) is 68.8 Å². The first-order chi connectivity index (χ1) is 17.0. The quantitative estimate of drug-likeness (QED) is 0.413. The smallest absolute Gasteiger partial charge is 0.296 e. The van der Waals surface area contributed by atoms with Gasteiger partial charge in [-0.05, 0) is 42.8 Å². The van der Waals surface area contributed by atoms with Gasteiger partial charge in [0.1, 0.15) is 23.0 Å². The number of methoxy groups -OCH3 is 1. The fourth-order valence-corrected chi connectivity index (χ4v) is 4.21. The third-order valence-corrected chi connectivity index (χ3v) is 6.04. The van der Waals surface area contributed by atoms with Crippen LogP contribution in [0.3, 0.4) is 0 Å². The van der Waals surface area contributed by atoms with Gasteiger partial charge in [0.05, 0.1) is 18.5 Å². The first-order valence-electron chi connectivity index (χ1n) is 11.2. The number of aliphatic imine (C=N–C) groups is 1. The number of ether oxygens (including phenoxy) is 1. The Hall–Kier alpha value is -4.65. The van der Waals surface area contributed by atoms with Gasteiger partial charge in [-0.1, -0.05) is 60.7 Å². The minimum Gasteiger partial charge on any atom is -0.497 e. The van der Waals surface area contributed by atoms with Crippen LogP contribution in [0.4, 0.5) is 5.69 Å². The summed E-state index contributed by atoms with van der Waals surface area (Å²) >= 11 is 0. The van der Waals surface area contributed by atoms with Crippen molar-refractivity contribution in [3.8, 4) is 11.4 Å². The van der Waals surface area contributed by atoms with Crippen LogP contribution < -0.4 is 15.2 Å². The number of hydrogen-bond acceptors (Lipinski definition) is 4. The van der Waals surface area contributed by atoms with Crippen molar-refractivity contribution in [2.45, 2.75) is 6.92 Å². The van der Waals surface area contributed by atoms with E-state index in [1.807, 2.05) is 91.9 Å². The van der Waals surface area contributed by atoms with E-state index in [0.29, 0.717) is 23.0 Å². The Morgan fingerprint density at radius 1 is 0.886 bits per heavy atom. The van der Waals surface area contributed by atoms with E-state index in [9.17, 15) is 9.59 Å². The van der Waals surface area contributed by atoms with Gasteiger partial charge in [0.25, 0.3) is 11.5 Å². The molecular weight excluding hydrogens is 440 g/mol. The summed E-state index contributed by atoms with van der Waals surface area (Å²) in [4.78, 5) is 33.6. The maximum absolute atomic E-state index is 13.8. The number of rotatable bonds is 5. The summed E-state index contributed by atoms with van der Waals surface area (Å²) < 4.78 is 8.63. The number of nitrogens with zero attached hydrogens (tertiary/aromatic N) is 4. The molecule has 1 aliphatic heterocycles. The molecule has 0 N–H and O–H groups in total. The molecule has 0 atom stereocenters. The van der Waals surface area contributed by atoms with Crippen LogP contribution in [0, 0.1) is 6.92 Å². The molecular formula is C28H24N4O3. The Morgan fingerprint density at radius 2 is 1.57 bits per heavy atom. The number of para-hydroxylation sites is 1. The van der Waals surface area contributed by atoms with Crippen molar-refractivity contribution in [3.05, 3.63) is 118 Å². The summed E-state index contributed by atoms with van der Waals surface area (Å²) in [5.41, 5.74) is 3.10. The van der Waals surface area contributed by atoms with E-state index in [1.54, 1.807) is 29.6 Å². The lowest BCUT2D eigenvalue weighted by Crippen LogP contribution is -2.36. The summed E-state index contributed by atoms with van der Waals surface area (Å²) in [5, 5.41) is 0. The SMILES string of the molecule is COc1cccc(/C=C2/N=C(c3ccccc3)N(c3c(C)n(C)n(-c4ccccc4)c3=O)C2=O)c1. The first kappa shape index (κ1) is 22.2. The van der Waals surface area contributed by atoms with Crippen molar-refractivity contribution in [1.82, 2.24) is 9.36 Å². The van der Waals surface area contributed by atoms with Crippen LogP contribution in [0.15, 0.2) is 100 Å². The van der Waals surface area contributed by atoms with Crippen LogP contribution in [0.25, 0.3) is 11.8 Å². The van der Waals surface area contributed by atoms with Crippen LogP contribution in [0.2, 0.25) is 0 Å². The average molecular weight is 465 g/mol. The number of anilines is 1. The zero-order valence-electron chi connectivity index (χ0n) is 19.7. The highest BCUT2D eigenvalue weighted by Crippen LogP contribution is 2.29. The standard InChI is InChI=1S/C28H24N4O3/c1-19-25(28(34)32(30(19)2)22-14-8-5-9-15-22)31-26(21-12-6-4-7-13-21)29-24(27(31)33)18-20-11-10-16-23(17-20)35-3/h4-18H,1-3H3/b24-18+. The van der Waals surface area contributed by atoms with Gasteiger partial charge in [-0.25, -0.2) is 9.67 Å². The molecule has 0 saturated carbocycles. The molecule has 3 aromatic carbocycles. The van der Waals surface area contributed by atoms with Gasteiger partial charge >= 0.3 is 0 Å². The number of benzene rings is 3. The van der Waals surface area contributed by atoms with Gasteiger partial charge in [0.2, 0.25) is 0 Å². The third-order valence-electron chi connectivity index (χ3n) is 6.04. The molecule has 0 saturated heterocycles. The number of carbonyl (C=O) groups is 1. The summed E-state index contributed by atoms with van der Waals surface area (Å²) in [6.45, 7) is 1.83. The maximum Gasteiger partial charge on any atom is 0.296 e. The molecule has 5 rings (SSSR count). The molecule has 35 heavy (non-hydrogen) atoms. The highest BCUT2D eigenvalue weighted by molar-refractivity contribution is 6.33. The lowest BCUT2D eigenvalue weighted by molar-refractivity contribution is -0.113. The van der Waals surface area contributed by atoms with Crippen LogP contribution in [-0.2, 0) is 11.8 Å². The first-order valence-corrected chi connectivity index (χ1v) is 11.2. The van der Waals surface area contributed by atoms with Crippen molar-refractivity contribution in [3.63, 3.8) is 0 Å². The molecule has 174 valence electrons. The number of aromatic nitrogens is 2. The molecule has 0 aliphatic carbocycles. The predicted molar refractivity (Wildman–Crippen MR) is 137 cm³/mol. The Labute approximate surface area is 202 Å². The summed E-state index contributed by atoms with van der Waals surface area (Å²) in [7, 11) is 3.40. The molecule has 1 aliphatic rings. The molecule has 0 unspecified atom stereocenters. The lowest BCUT2D eigenvalue weighted by atomic mass is 10.1. The fraction of sp³-hybridized carbons (Fsp3) is 0.107. The van der Waals surface area contributed by atoms with Gasteiger partial charge in [-0.2, -0.15) is 0 Å². The summed E-state index contributed by atoms with van der Waals surface area (Å²) in [6.07, 6.45) is 1.71. The van der Waals surface area contributed by atoms with Gasteiger partial charge < -0.3 is 4.74 Å². The number of carbonyl (C=O) groups excluding carboxylic acids is 1. The van der Waals surface area contributed by atoms with Crippen molar-refractivity contribution < 1.29 is 9.53 Å². The van der Waals surface area contributed by atoms with Crippen molar-refractivity contribution in [1.29, 1.82) is 0 Å². The molecule has 7 heteroatoms. The maximum atomic E-state index is 13.8. The summed E-state index contributed by atoms with van der Waals surface area (Å²) in [6, 6.07) is 26.2. The Bertz CT molecular complexity index is 1530. The normalized spacial score (nSPS) is 14.5. The largest absolute Gasteiger partial charge is 0.497 e. The number of amidine groups is 1. The third kappa shape index (κ3) is 3.87. The Morgan fingerprint density at radius 3 is 2.26 bits per heavy atom. The van der Waals surface area contributed by atoms with E-state index in [1.165, 1.54) is 4.90 Å². The van der Waals surface area contributed by atoms with Gasteiger partial charge in [0.15, 0.2) is 0 Å². The van der Waals surface area contributed by atoms with Gasteiger partial charge in [-0.3, -0.25) is 19.2 Å². The zero-order valence-corrected chi connectivity index (χ0v) is 19.7. The van der Waals surface area contributed by atoms with Crippen LogP contribution in [-0.4, -0.2) is 28.2 Å². The van der Waals surface area contributed by atoms with E-state index >= 15 is 0 Å². The average Bonchev–Trinajstić information content (AvgIpc) is 3.31. The van der Waals surface area contributed by atoms with Crippen molar-refractivity contribution >= 4 is 23.5 Å². The van der Waals surface area contributed by atoms with Gasteiger partial charge in [0, 0.05) is 12.6 Å². The molecule has 0 fully saturated rings. The van der Waals surface area contributed by atoms with E-state index in [2.05, 4.69) is 0 Å². The molecule has 7 nitrogen and oxygen atoms in total. The minimum absolute atomic E-state index is 0.242. The minimum atomic E-state index is -0.363. The van der Waals surface area contributed by atoms with Crippen molar-refractivity contribution in [2.75, 3.05) is 12.0 Å². The van der Waals surface area contributed by atoms with Crippen molar-refractivity contribution in [2.24, 2.45) is 12.0 Å². The van der Waals surface area contributed by atoms with E-state index in [-0.39, 0.29) is 22.9 Å². The van der Waals surface area contributed by atoms with E-state index in [4.69, 9.17) is 9.73 Å². The molecule has 0 spiro atoms. The van der Waals surface area contributed by atoms with Crippen LogP contribution in [0.1, 0.15) is 16.8 Å². The monoisotopic (exact) mass is 464 g/mol. The molecule has 4 aromatic rings. The molecule has 0 radical (unpaired) electrons. The molecule has 0 bridgehead atoms. The molecule has 2 heterocycles. The summed E-state index contributed by atoms with van der Waals surface area (Å²) in [5.74, 6) is 0.729. The Kier molecular flexibility index (Phi) is 5.66. The second-order valence-corrected chi connectivity index (χ2v) is 8.16. The fourth-order valence-electron chi connectivity index (χ4n) is 4.21. The highest BCUT2D eigenvalue weighted by Gasteiger charge is 2.37.